The molecule has 1 saturated heterocycles. The number of rotatable bonds is 9. The van der Waals surface area contributed by atoms with Crippen molar-refractivity contribution in [1.82, 2.24) is 25.4 Å². The van der Waals surface area contributed by atoms with Crippen molar-refractivity contribution in [3.05, 3.63) is 48.2 Å². The van der Waals surface area contributed by atoms with Crippen LogP contribution < -0.4 is 21.7 Å². The Morgan fingerprint density at radius 1 is 1.26 bits per heavy atom. The number of likely N-dealkylation sites (tertiary alicyclic amines) is 1. The molecule has 0 saturated carbocycles. The summed E-state index contributed by atoms with van der Waals surface area (Å²) < 4.78 is 0. The molecule has 0 spiro atoms. The minimum absolute atomic E-state index is 0.0380. The standard InChI is InChI=1S/C25H36N8O2/c1-6-20(34)33-13-7-8-19(15-33)29-24-30-23(21(22(26)35)31-32-24)28-18-11-9-17(10-12-18)14-27-16(2)25(3,4)5/h6,9-12,16,19,27H,1,7-8,13-15H2,2-5H3,(H2,26,35)(H2,28,29,30,32)/t16?,19-/m1/s1. The lowest BCUT2D eigenvalue weighted by atomic mass is 9.88. The molecule has 1 unspecified atom stereocenters. The summed E-state index contributed by atoms with van der Waals surface area (Å²) in [7, 11) is 0. The maximum atomic E-state index is 12.0. The molecule has 188 valence electrons. The second-order valence-electron chi connectivity index (χ2n) is 9.96. The van der Waals surface area contributed by atoms with Gasteiger partial charge in [0.15, 0.2) is 11.5 Å². The quantitative estimate of drug-likeness (QED) is 0.402. The van der Waals surface area contributed by atoms with Gasteiger partial charge in [-0.15, -0.1) is 10.2 Å². The maximum absolute atomic E-state index is 12.0. The van der Waals surface area contributed by atoms with E-state index in [-0.39, 0.29) is 34.8 Å². The first-order chi connectivity index (χ1) is 16.6. The molecule has 2 amide bonds. The fourth-order valence-electron chi connectivity index (χ4n) is 3.67. The Kier molecular flexibility index (Phi) is 8.39. The maximum Gasteiger partial charge on any atom is 0.273 e. The van der Waals surface area contributed by atoms with Gasteiger partial charge in [0.05, 0.1) is 0 Å². The van der Waals surface area contributed by atoms with Crippen LogP contribution in [0, 0.1) is 5.41 Å². The van der Waals surface area contributed by atoms with Crippen LogP contribution in [-0.2, 0) is 11.3 Å². The van der Waals surface area contributed by atoms with Crippen molar-refractivity contribution in [3.63, 3.8) is 0 Å². The van der Waals surface area contributed by atoms with Gasteiger partial charge >= 0.3 is 0 Å². The number of carbonyl (C=O) groups is 2. The average Bonchev–Trinajstić information content (AvgIpc) is 2.82. The molecule has 10 nitrogen and oxygen atoms in total. The molecule has 5 N–H and O–H groups in total. The number of carbonyl (C=O) groups excluding carboxylic acids is 2. The minimum atomic E-state index is -0.726. The van der Waals surface area contributed by atoms with Crippen LogP contribution in [0.2, 0.25) is 0 Å². The lowest BCUT2D eigenvalue weighted by molar-refractivity contribution is -0.127. The molecule has 0 radical (unpaired) electrons. The Morgan fingerprint density at radius 3 is 2.60 bits per heavy atom. The van der Waals surface area contributed by atoms with Gasteiger partial charge in [0.25, 0.3) is 5.91 Å². The average molecular weight is 481 g/mol. The Labute approximate surface area is 206 Å². The number of hydrogen-bond acceptors (Lipinski definition) is 8. The third-order valence-electron chi connectivity index (χ3n) is 6.29. The summed E-state index contributed by atoms with van der Waals surface area (Å²) >= 11 is 0. The van der Waals surface area contributed by atoms with Crippen molar-refractivity contribution in [1.29, 1.82) is 0 Å². The summed E-state index contributed by atoms with van der Waals surface area (Å²) in [6.45, 7) is 14.3. The zero-order chi connectivity index (χ0) is 25.6. The van der Waals surface area contributed by atoms with Crippen LogP contribution in [0.15, 0.2) is 36.9 Å². The molecular weight excluding hydrogens is 444 g/mol. The second kappa shape index (κ2) is 11.3. The SMILES string of the molecule is C=CC(=O)N1CCC[C@@H](Nc2nnc(C(N)=O)c(Nc3ccc(CNC(C)C(C)(C)C)cc3)n2)C1. The first kappa shape index (κ1) is 26.1. The number of nitrogens with zero attached hydrogens (tertiary/aromatic N) is 4. The summed E-state index contributed by atoms with van der Waals surface area (Å²) in [5, 5.41) is 17.9. The number of nitrogens with one attached hydrogen (secondary N) is 3. The van der Waals surface area contributed by atoms with Gasteiger partial charge in [-0.05, 0) is 49.0 Å². The van der Waals surface area contributed by atoms with Gasteiger partial charge in [0, 0.05) is 37.4 Å². The first-order valence-electron chi connectivity index (χ1n) is 11.9. The van der Waals surface area contributed by atoms with E-state index >= 15 is 0 Å². The topological polar surface area (TPSA) is 138 Å². The Balaban J connectivity index is 1.69. The highest BCUT2D eigenvalue weighted by molar-refractivity contribution is 5.96. The highest BCUT2D eigenvalue weighted by Gasteiger charge is 2.24. The predicted octanol–water partition coefficient (Wildman–Crippen LogP) is 2.83. The number of nitrogens with two attached hydrogens (primary N) is 1. The first-order valence-corrected chi connectivity index (χ1v) is 11.9. The van der Waals surface area contributed by atoms with Crippen molar-refractivity contribution < 1.29 is 9.59 Å². The molecule has 1 aliphatic rings. The number of benzene rings is 1. The molecule has 0 bridgehead atoms. The lowest BCUT2D eigenvalue weighted by Gasteiger charge is -2.32. The summed E-state index contributed by atoms with van der Waals surface area (Å²) in [5.74, 6) is -0.352. The zero-order valence-electron chi connectivity index (χ0n) is 21.0. The normalized spacial score (nSPS) is 16.9. The predicted molar refractivity (Wildman–Crippen MR) is 137 cm³/mol. The van der Waals surface area contributed by atoms with Crippen molar-refractivity contribution in [2.75, 3.05) is 23.7 Å². The molecule has 2 atom stereocenters. The van der Waals surface area contributed by atoms with E-state index in [0.717, 1.165) is 30.6 Å². The van der Waals surface area contributed by atoms with Gasteiger partial charge in [-0.3, -0.25) is 9.59 Å². The Bertz CT molecular complexity index is 1050. The van der Waals surface area contributed by atoms with Crippen LogP contribution in [0.3, 0.4) is 0 Å². The number of anilines is 3. The van der Waals surface area contributed by atoms with Crippen molar-refractivity contribution >= 4 is 29.3 Å². The number of piperidine rings is 1. The third kappa shape index (κ3) is 7.22. The van der Waals surface area contributed by atoms with Gasteiger partial charge in [0.1, 0.15) is 0 Å². The van der Waals surface area contributed by atoms with Crippen molar-refractivity contribution in [3.8, 4) is 0 Å². The molecule has 1 fully saturated rings. The zero-order valence-corrected chi connectivity index (χ0v) is 21.0. The van der Waals surface area contributed by atoms with Gasteiger partial charge in [0.2, 0.25) is 11.9 Å². The smallest absolute Gasteiger partial charge is 0.273 e. The molecule has 1 aromatic carbocycles. The largest absolute Gasteiger partial charge is 0.364 e. The molecule has 2 aromatic rings. The molecular formula is C25H36N8O2. The Hall–Kier alpha value is -3.53. The monoisotopic (exact) mass is 480 g/mol. The highest BCUT2D eigenvalue weighted by Crippen LogP contribution is 2.22. The van der Waals surface area contributed by atoms with Gasteiger partial charge < -0.3 is 26.6 Å². The molecule has 0 aliphatic carbocycles. The summed E-state index contributed by atoms with van der Waals surface area (Å²) in [6, 6.07) is 8.18. The van der Waals surface area contributed by atoms with E-state index in [1.54, 1.807) is 4.90 Å². The fourth-order valence-corrected chi connectivity index (χ4v) is 3.67. The van der Waals surface area contributed by atoms with E-state index in [0.29, 0.717) is 19.1 Å². The van der Waals surface area contributed by atoms with Gasteiger partial charge in [-0.25, -0.2) is 0 Å². The van der Waals surface area contributed by atoms with E-state index in [1.807, 2.05) is 24.3 Å². The van der Waals surface area contributed by atoms with Crippen LogP contribution >= 0.6 is 0 Å². The van der Waals surface area contributed by atoms with Crippen LogP contribution in [0.1, 0.15) is 56.6 Å². The van der Waals surface area contributed by atoms with Gasteiger partial charge in [-0.2, -0.15) is 4.98 Å². The minimum Gasteiger partial charge on any atom is -0.364 e. The van der Waals surface area contributed by atoms with Crippen molar-refractivity contribution in [2.24, 2.45) is 11.1 Å². The summed E-state index contributed by atoms with van der Waals surface area (Å²) in [5.41, 5.74) is 7.50. The van der Waals surface area contributed by atoms with Crippen LogP contribution in [0.5, 0.6) is 0 Å². The van der Waals surface area contributed by atoms with Crippen molar-refractivity contribution in [2.45, 2.75) is 59.2 Å². The molecule has 10 heteroatoms. The third-order valence-corrected chi connectivity index (χ3v) is 6.29. The Morgan fingerprint density at radius 2 is 1.97 bits per heavy atom. The van der Waals surface area contributed by atoms with E-state index in [9.17, 15) is 9.59 Å². The highest BCUT2D eigenvalue weighted by atomic mass is 16.2. The number of primary amides is 1. The molecule has 1 aliphatic heterocycles. The summed E-state index contributed by atoms with van der Waals surface area (Å²) in [4.78, 5) is 30.0. The molecule has 1 aromatic heterocycles. The van der Waals surface area contributed by atoms with Gasteiger partial charge in [-0.1, -0.05) is 39.5 Å². The molecule has 2 heterocycles. The summed E-state index contributed by atoms with van der Waals surface area (Å²) in [6.07, 6.45) is 3.02. The van der Waals surface area contributed by atoms with Crippen LogP contribution in [0.25, 0.3) is 0 Å². The molecule has 3 rings (SSSR count). The molecule has 35 heavy (non-hydrogen) atoms. The van der Waals surface area contributed by atoms with E-state index in [2.05, 4.69) is 65.4 Å². The fraction of sp³-hybridized carbons (Fsp3) is 0.480. The van der Waals surface area contributed by atoms with E-state index in [4.69, 9.17) is 5.73 Å². The van der Waals surface area contributed by atoms with Crippen LogP contribution in [0.4, 0.5) is 17.5 Å². The second-order valence-corrected chi connectivity index (χ2v) is 9.96. The van der Waals surface area contributed by atoms with E-state index in [1.165, 1.54) is 6.08 Å². The number of hydrogen-bond donors (Lipinski definition) is 4. The van der Waals surface area contributed by atoms with E-state index < -0.39 is 5.91 Å². The van der Waals surface area contributed by atoms with Crippen LogP contribution in [-0.4, -0.2) is 57.1 Å². The number of aromatic nitrogens is 3. The lowest BCUT2D eigenvalue weighted by Crippen LogP contribution is -2.44. The number of amides is 2.